The number of hydrogen-bond donors (Lipinski definition) is 1. The van der Waals surface area contributed by atoms with E-state index in [9.17, 15) is 4.79 Å². The van der Waals surface area contributed by atoms with Gasteiger partial charge in [0.1, 0.15) is 0 Å². The maximum atomic E-state index is 10.5. The number of aromatic carboxylic acids is 1. The number of carbonyl (C=O) groups is 1. The lowest BCUT2D eigenvalue weighted by Gasteiger charge is -2.32. The van der Waals surface area contributed by atoms with Gasteiger partial charge in [-0.1, -0.05) is 54.5 Å². The van der Waals surface area contributed by atoms with Gasteiger partial charge in [0.2, 0.25) is 0 Å². The predicted molar refractivity (Wildman–Crippen MR) is 95.7 cm³/mol. The normalized spacial score (nSPS) is 27.7. The van der Waals surface area contributed by atoms with Gasteiger partial charge in [0.25, 0.3) is 0 Å². The first kappa shape index (κ1) is 17.3. The molecule has 122 valence electrons. The summed E-state index contributed by atoms with van der Waals surface area (Å²) in [5.74, 6) is 0.440. The van der Waals surface area contributed by atoms with Crippen LogP contribution in [0.25, 0.3) is 0 Å². The zero-order valence-electron chi connectivity index (χ0n) is 14.5. The maximum absolute atomic E-state index is 10.5. The number of benzene rings is 1. The van der Waals surface area contributed by atoms with Crippen molar-refractivity contribution in [1.82, 2.24) is 0 Å². The molecule has 1 aromatic rings. The van der Waals surface area contributed by atoms with Crippen LogP contribution in [-0.2, 0) is 0 Å². The highest BCUT2D eigenvalue weighted by atomic mass is 16.4. The summed E-state index contributed by atoms with van der Waals surface area (Å²) in [6.45, 7) is 12.2. The summed E-state index contributed by atoms with van der Waals surface area (Å²) >= 11 is 0. The van der Waals surface area contributed by atoms with E-state index in [1.54, 1.807) is 19.1 Å². The summed E-state index contributed by atoms with van der Waals surface area (Å²) in [7, 11) is 0. The molecule has 0 radical (unpaired) electrons. The number of fused-ring (bicyclic) bond motifs is 2. The molecule has 0 amide bonds. The summed E-state index contributed by atoms with van der Waals surface area (Å²) < 4.78 is 0. The average Bonchev–Trinajstić information content (AvgIpc) is 2.83. The molecular weight excluding hydrogens is 284 g/mol. The zero-order valence-corrected chi connectivity index (χ0v) is 14.5. The van der Waals surface area contributed by atoms with Crippen LogP contribution in [0.4, 0.5) is 0 Å². The minimum atomic E-state index is -0.859. The second-order valence-electron chi connectivity index (χ2n) is 6.93. The van der Waals surface area contributed by atoms with Crippen LogP contribution >= 0.6 is 0 Å². The van der Waals surface area contributed by atoms with Gasteiger partial charge in [-0.05, 0) is 44.7 Å². The number of aryl methyl sites for hydroxylation is 2. The molecule has 0 fully saturated rings. The largest absolute Gasteiger partial charge is 0.478 e. The first-order chi connectivity index (χ1) is 10.8. The molecule has 2 nitrogen and oxygen atoms in total. The molecule has 3 unspecified atom stereocenters. The number of carboxylic acids is 1. The van der Waals surface area contributed by atoms with Crippen molar-refractivity contribution in [3.05, 3.63) is 71.3 Å². The van der Waals surface area contributed by atoms with E-state index in [4.69, 9.17) is 5.11 Å². The average molecular weight is 310 g/mol. The lowest BCUT2D eigenvalue weighted by molar-refractivity contribution is 0.0696. The predicted octanol–water partition coefficient (Wildman–Crippen LogP) is 5.33. The maximum Gasteiger partial charge on any atom is 0.335 e. The van der Waals surface area contributed by atoms with Gasteiger partial charge in [-0.2, -0.15) is 0 Å². The summed E-state index contributed by atoms with van der Waals surface area (Å²) in [6, 6.07) is 5.30. The van der Waals surface area contributed by atoms with E-state index in [-0.39, 0.29) is 0 Å². The Morgan fingerprint density at radius 2 is 2.04 bits per heavy atom. The van der Waals surface area contributed by atoms with E-state index in [2.05, 4.69) is 44.7 Å². The summed E-state index contributed by atoms with van der Waals surface area (Å²) in [5, 5.41) is 8.66. The third-order valence-electron chi connectivity index (χ3n) is 5.09. The SMILES string of the molecule is C=CC1C=C(C)C2(C)C=CC1C2.Cc1ccc(C(=O)O)c(C)c1. The second kappa shape index (κ2) is 6.57. The summed E-state index contributed by atoms with van der Waals surface area (Å²) in [5.41, 5.74) is 4.17. The minimum Gasteiger partial charge on any atom is -0.478 e. The van der Waals surface area contributed by atoms with E-state index in [1.807, 2.05) is 13.0 Å². The van der Waals surface area contributed by atoms with Crippen LogP contribution in [0, 0.1) is 31.1 Å². The Morgan fingerprint density at radius 3 is 2.61 bits per heavy atom. The van der Waals surface area contributed by atoms with Crippen molar-refractivity contribution in [2.75, 3.05) is 0 Å². The fourth-order valence-corrected chi connectivity index (χ4v) is 3.42. The van der Waals surface area contributed by atoms with Crippen molar-refractivity contribution in [3.63, 3.8) is 0 Å². The molecule has 23 heavy (non-hydrogen) atoms. The van der Waals surface area contributed by atoms with E-state index in [0.29, 0.717) is 16.9 Å². The summed E-state index contributed by atoms with van der Waals surface area (Å²) in [4.78, 5) is 10.5. The molecular formula is C21H26O2. The van der Waals surface area contributed by atoms with Gasteiger partial charge < -0.3 is 5.11 Å². The van der Waals surface area contributed by atoms with Gasteiger partial charge in [-0.15, -0.1) is 6.58 Å². The molecule has 2 bridgehead atoms. The summed E-state index contributed by atoms with van der Waals surface area (Å²) in [6.07, 6.45) is 10.5. The standard InChI is InChI=1S/C12H16.C9H10O2/c1-4-10-7-9(2)12(3)6-5-11(10)8-12;1-6-3-4-8(9(10)11)7(2)5-6/h4-7,10-11H,1,8H2,2-3H3;3-5H,1-2H3,(H,10,11). The highest BCUT2D eigenvalue weighted by Crippen LogP contribution is 2.48. The molecule has 2 aliphatic carbocycles. The van der Waals surface area contributed by atoms with E-state index in [1.165, 1.54) is 12.0 Å². The van der Waals surface area contributed by atoms with Crippen LogP contribution in [0.2, 0.25) is 0 Å². The lowest BCUT2D eigenvalue weighted by atomic mass is 9.72. The van der Waals surface area contributed by atoms with Gasteiger partial charge in [0.05, 0.1) is 5.56 Å². The van der Waals surface area contributed by atoms with Crippen LogP contribution in [0.15, 0.2) is 54.7 Å². The first-order valence-corrected chi connectivity index (χ1v) is 8.08. The molecule has 1 aromatic carbocycles. The fraction of sp³-hybridized carbons (Fsp3) is 0.381. The molecule has 1 N–H and O–H groups in total. The topological polar surface area (TPSA) is 37.3 Å². The molecule has 3 rings (SSSR count). The van der Waals surface area contributed by atoms with E-state index in [0.717, 1.165) is 17.0 Å². The van der Waals surface area contributed by atoms with Gasteiger partial charge >= 0.3 is 5.97 Å². The van der Waals surface area contributed by atoms with Crippen LogP contribution < -0.4 is 0 Å². The van der Waals surface area contributed by atoms with Crippen molar-refractivity contribution < 1.29 is 9.90 Å². The number of hydrogen-bond acceptors (Lipinski definition) is 1. The Labute approximate surface area is 139 Å². The molecule has 2 aliphatic rings. The Bertz CT molecular complexity index is 681. The minimum absolute atomic E-state index is 0.365. The lowest BCUT2D eigenvalue weighted by Crippen LogP contribution is -2.22. The smallest absolute Gasteiger partial charge is 0.335 e. The van der Waals surface area contributed by atoms with Crippen molar-refractivity contribution in [2.24, 2.45) is 17.3 Å². The molecule has 2 heteroatoms. The fourth-order valence-electron chi connectivity index (χ4n) is 3.42. The van der Waals surface area contributed by atoms with E-state index >= 15 is 0 Å². The van der Waals surface area contributed by atoms with Crippen LogP contribution in [0.3, 0.4) is 0 Å². The van der Waals surface area contributed by atoms with Crippen molar-refractivity contribution in [3.8, 4) is 0 Å². The highest BCUT2D eigenvalue weighted by Gasteiger charge is 2.37. The molecule has 0 aliphatic heterocycles. The monoisotopic (exact) mass is 310 g/mol. The molecule has 0 aromatic heterocycles. The first-order valence-electron chi connectivity index (χ1n) is 8.08. The van der Waals surface area contributed by atoms with Crippen LogP contribution in [0.1, 0.15) is 41.8 Å². The van der Waals surface area contributed by atoms with Gasteiger partial charge in [0.15, 0.2) is 0 Å². The van der Waals surface area contributed by atoms with Crippen molar-refractivity contribution >= 4 is 5.97 Å². The van der Waals surface area contributed by atoms with Gasteiger partial charge in [0, 0.05) is 11.3 Å². The second-order valence-corrected chi connectivity index (χ2v) is 6.93. The molecule has 0 saturated heterocycles. The van der Waals surface area contributed by atoms with Crippen molar-refractivity contribution in [2.45, 2.75) is 34.1 Å². The van der Waals surface area contributed by atoms with Crippen molar-refractivity contribution in [1.29, 1.82) is 0 Å². The zero-order chi connectivity index (χ0) is 17.2. The third-order valence-corrected chi connectivity index (χ3v) is 5.09. The Balaban J connectivity index is 0.000000168. The molecule has 0 heterocycles. The van der Waals surface area contributed by atoms with Crippen LogP contribution in [-0.4, -0.2) is 11.1 Å². The number of allylic oxidation sites excluding steroid dienone is 5. The van der Waals surface area contributed by atoms with Gasteiger partial charge in [-0.3, -0.25) is 0 Å². The molecule has 0 spiro atoms. The Hall–Kier alpha value is -2.09. The quantitative estimate of drug-likeness (QED) is 0.749. The van der Waals surface area contributed by atoms with Gasteiger partial charge in [-0.25, -0.2) is 4.79 Å². The number of carboxylic acid groups (broad SMARTS) is 1. The molecule has 0 saturated carbocycles. The molecule has 3 atom stereocenters. The third kappa shape index (κ3) is 3.64. The highest BCUT2D eigenvalue weighted by molar-refractivity contribution is 5.89. The Morgan fingerprint density at radius 1 is 1.35 bits per heavy atom. The van der Waals surface area contributed by atoms with Crippen LogP contribution in [0.5, 0.6) is 0 Å². The van der Waals surface area contributed by atoms with E-state index < -0.39 is 5.97 Å². The Kier molecular flexibility index (Phi) is 4.93. The number of rotatable bonds is 2.